The van der Waals surface area contributed by atoms with Crippen LogP contribution in [-0.2, 0) is 0 Å². The van der Waals surface area contributed by atoms with E-state index in [1.54, 1.807) is 7.11 Å². The van der Waals surface area contributed by atoms with E-state index in [9.17, 15) is 0 Å². The predicted molar refractivity (Wildman–Crippen MR) is 86.9 cm³/mol. The second-order valence-corrected chi connectivity index (χ2v) is 6.84. The van der Waals surface area contributed by atoms with E-state index < -0.39 is 0 Å². The summed E-state index contributed by atoms with van der Waals surface area (Å²) in [4.78, 5) is 0. The van der Waals surface area contributed by atoms with Crippen LogP contribution in [0.4, 0.5) is 0 Å². The van der Waals surface area contributed by atoms with Crippen molar-refractivity contribution < 1.29 is 4.74 Å². The first kappa shape index (κ1) is 15.2. The van der Waals surface area contributed by atoms with Gasteiger partial charge in [-0.3, -0.25) is 0 Å². The minimum Gasteiger partial charge on any atom is -0.497 e. The molecule has 0 unspecified atom stereocenters. The molecule has 110 valence electrons. The SMILES string of the molecule is COc1ccc(/C=C/C2(C)CCC(C(C)C)CC2)cc1. The van der Waals surface area contributed by atoms with Crippen molar-refractivity contribution in [3.8, 4) is 5.75 Å². The fraction of sp³-hybridized carbons (Fsp3) is 0.579. The molecular weight excluding hydrogens is 244 g/mol. The highest BCUT2D eigenvalue weighted by atomic mass is 16.5. The van der Waals surface area contributed by atoms with Crippen LogP contribution in [0.1, 0.15) is 52.0 Å². The van der Waals surface area contributed by atoms with E-state index in [0.717, 1.165) is 17.6 Å². The van der Waals surface area contributed by atoms with Gasteiger partial charge < -0.3 is 4.74 Å². The number of benzene rings is 1. The highest BCUT2D eigenvalue weighted by Crippen LogP contribution is 2.42. The Bertz CT molecular complexity index is 433. The van der Waals surface area contributed by atoms with Gasteiger partial charge in [0.15, 0.2) is 0 Å². The molecule has 1 nitrogen and oxygen atoms in total. The van der Waals surface area contributed by atoms with E-state index in [0.29, 0.717) is 5.41 Å². The number of allylic oxidation sites excluding steroid dienone is 1. The van der Waals surface area contributed by atoms with Gasteiger partial charge in [-0.15, -0.1) is 0 Å². The molecule has 2 rings (SSSR count). The van der Waals surface area contributed by atoms with Crippen molar-refractivity contribution in [2.45, 2.75) is 46.5 Å². The third kappa shape index (κ3) is 3.88. The van der Waals surface area contributed by atoms with Gasteiger partial charge >= 0.3 is 0 Å². The third-order valence-corrected chi connectivity index (χ3v) is 4.91. The monoisotopic (exact) mass is 272 g/mol. The van der Waals surface area contributed by atoms with Crippen molar-refractivity contribution in [3.63, 3.8) is 0 Å². The summed E-state index contributed by atoms with van der Waals surface area (Å²) in [7, 11) is 1.71. The highest BCUT2D eigenvalue weighted by Gasteiger charge is 2.29. The van der Waals surface area contributed by atoms with Crippen LogP contribution < -0.4 is 4.74 Å². The molecule has 0 amide bonds. The fourth-order valence-electron chi connectivity index (χ4n) is 3.15. The van der Waals surface area contributed by atoms with Crippen molar-refractivity contribution in [1.29, 1.82) is 0 Å². The van der Waals surface area contributed by atoms with E-state index in [1.165, 1.54) is 31.2 Å². The van der Waals surface area contributed by atoms with Crippen molar-refractivity contribution in [3.05, 3.63) is 35.9 Å². The minimum atomic E-state index is 0.380. The maximum absolute atomic E-state index is 5.19. The molecule has 0 saturated heterocycles. The van der Waals surface area contributed by atoms with Gasteiger partial charge in [-0.25, -0.2) is 0 Å². The zero-order valence-corrected chi connectivity index (χ0v) is 13.4. The Morgan fingerprint density at radius 1 is 1.15 bits per heavy atom. The van der Waals surface area contributed by atoms with Gasteiger partial charge in [-0.2, -0.15) is 0 Å². The Morgan fingerprint density at radius 2 is 1.75 bits per heavy atom. The smallest absolute Gasteiger partial charge is 0.118 e. The Balaban J connectivity index is 1.96. The first-order valence-corrected chi connectivity index (χ1v) is 7.86. The maximum atomic E-state index is 5.19. The normalized spacial score (nSPS) is 27.1. The molecule has 1 aromatic carbocycles. The Hall–Kier alpha value is -1.24. The number of ether oxygens (including phenoxy) is 1. The van der Waals surface area contributed by atoms with Gasteiger partial charge in [0.2, 0.25) is 0 Å². The molecule has 0 heterocycles. The van der Waals surface area contributed by atoms with Crippen LogP contribution in [0.15, 0.2) is 30.3 Å². The molecule has 0 bridgehead atoms. The largest absolute Gasteiger partial charge is 0.497 e. The molecule has 1 aromatic rings. The summed E-state index contributed by atoms with van der Waals surface area (Å²) in [6, 6.07) is 8.30. The molecule has 1 heteroatoms. The molecule has 1 fully saturated rings. The average molecular weight is 272 g/mol. The molecule has 1 aliphatic carbocycles. The van der Waals surface area contributed by atoms with Gasteiger partial charge in [-0.1, -0.05) is 45.1 Å². The lowest BCUT2D eigenvalue weighted by Crippen LogP contribution is -2.24. The van der Waals surface area contributed by atoms with E-state index in [4.69, 9.17) is 4.74 Å². The highest BCUT2D eigenvalue weighted by molar-refractivity contribution is 5.51. The summed E-state index contributed by atoms with van der Waals surface area (Å²) in [5, 5.41) is 0. The molecule has 0 N–H and O–H groups in total. The van der Waals surface area contributed by atoms with E-state index >= 15 is 0 Å². The summed E-state index contributed by atoms with van der Waals surface area (Å²) >= 11 is 0. The quantitative estimate of drug-likeness (QED) is 0.697. The van der Waals surface area contributed by atoms with Crippen LogP contribution >= 0.6 is 0 Å². The molecule has 0 aliphatic heterocycles. The lowest BCUT2D eigenvalue weighted by molar-refractivity contribution is 0.185. The topological polar surface area (TPSA) is 9.23 Å². The number of hydrogen-bond donors (Lipinski definition) is 0. The minimum absolute atomic E-state index is 0.380. The van der Waals surface area contributed by atoms with E-state index in [2.05, 4.69) is 45.1 Å². The van der Waals surface area contributed by atoms with Gasteiger partial charge in [0.05, 0.1) is 7.11 Å². The first-order valence-electron chi connectivity index (χ1n) is 7.86. The first-order chi connectivity index (χ1) is 9.52. The Morgan fingerprint density at radius 3 is 2.25 bits per heavy atom. The molecule has 0 radical (unpaired) electrons. The summed E-state index contributed by atoms with van der Waals surface area (Å²) in [6.07, 6.45) is 10.1. The van der Waals surface area contributed by atoms with Crippen LogP contribution in [0.3, 0.4) is 0 Å². The molecule has 0 atom stereocenters. The summed E-state index contributed by atoms with van der Waals surface area (Å²) in [6.45, 7) is 7.13. The molecular formula is C19H28O. The van der Waals surface area contributed by atoms with Crippen LogP contribution in [0, 0.1) is 17.3 Å². The maximum Gasteiger partial charge on any atom is 0.118 e. The predicted octanol–water partition coefficient (Wildman–Crippen LogP) is 5.56. The van der Waals surface area contributed by atoms with Crippen molar-refractivity contribution >= 4 is 6.08 Å². The average Bonchev–Trinajstić information content (AvgIpc) is 2.46. The molecule has 20 heavy (non-hydrogen) atoms. The van der Waals surface area contributed by atoms with Gasteiger partial charge in [0, 0.05) is 0 Å². The lowest BCUT2D eigenvalue weighted by Gasteiger charge is -2.36. The zero-order chi connectivity index (χ0) is 14.6. The van der Waals surface area contributed by atoms with Crippen LogP contribution in [0.25, 0.3) is 6.08 Å². The van der Waals surface area contributed by atoms with Crippen LogP contribution in [-0.4, -0.2) is 7.11 Å². The summed E-state index contributed by atoms with van der Waals surface area (Å²) in [5.74, 6) is 2.69. The lowest BCUT2D eigenvalue weighted by atomic mass is 9.69. The second kappa shape index (κ2) is 6.47. The van der Waals surface area contributed by atoms with Crippen LogP contribution in [0.5, 0.6) is 5.75 Å². The van der Waals surface area contributed by atoms with Gasteiger partial charge in [0.25, 0.3) is 0 Å². The van der Waals surface area contributed by atoms with Crippen molar-refractivity contribution in [2.24, 2.45) is 17.3 Å². The molecule has 1 aliphatic rings. The standard InChI is InChI=1S/C19H28O/c1-15(2)17-10-13-19(3,14-11-17)12-9-16-5-7-18(20-4)8-6-16/h5-9,12,15,17H,10-11,13-14H2,1-4H3/b12-9+. The summed E-state index contributed by atoms with van der Waals surface area (Å²) in [5.41, 5.74) is 1.64. The number of hydrogen-bond acceptors (Lipinski definition) is 1. The fourth-order valence-corrected chi connectivity index (χ4v) is 3.15. The van der Waals surface area contributed by atoms with E-state index in [1.807, 2.05) is 12.1 Å². The van der Waals surface area contributed by atoms with E-state index in [-0.39, 0.29) is 0 Å². The Labute approximate surface area is 124 Å². The molecule has 1 saturated carbocycles. The van der Waals surface area contributed by atoms with Gasteiger partial charge in [-0.05, 0) is 60.6 Å². The van der Waals surface area contributed by atoms with Crippen LogP contribution in [0.2, 0.25) is 0 Å². The Kier molecular flexibility index (Phi) is 4.91. The van der Waals surface area contributed by atoms with Gasteiger partial charge in [0.1, 0.15) is 5.75 Å². The zero-order valence-electron chi connectivity index (χ0n) is 13.4. The molecule has 0 spiro atoms. The third-order valence-electron chi connectivity index (χ3n) is 4.91. The number of rotatable bonds is 4. The van der Waals surface area contributed by atoms with Crippen molar-refractivity contribution in [1.82, 2.24) is 0 Å². The number of methoxy groups -OCH3 is 1. The second-order valence-electron chi connectivity index (χ2n) is 6.84. The van der Waals surface area contributed by atoms with Crippen molar-refractivity contribution in [2.75, 3.05) is 7.11 Å². The summed E-state index contributed by atoms with van der Waals surface area (Å²) < 4.78 is 5.19. The molecule has 0 aromatic heterocycles.